The van der Waals surface area contributed by atoms with E-state index < -0.39 is 0 Å². The summed E-state index contributed by atoms with van der Waals surface area (Å²) in [5, 5.41) is 0. The molecule has 2 nitrogen and oxygen atoms in total. The minimum absolute atomic E-state index is 0.196. The second kappa shape index (κ2) is 9.62. The fourth-order valence-corrected chi connectivity index (χ4v) is 15.8. The maximum absolute atomic E-state index is 12.0. The van der Waals surface area contributed by atoms with E-state index in [0.717, 1.165) is 19.3 Å². The van der Waals surface area contributed by atoms with Crippen molar-refractivity contribution in [2.45, 2.75) is 26.2 Å². The van der Waals surface area contributed by atoms with Crippen molar-refractivity contribution in [1.82, 2.24) is 0 Å². The number of ether oxygens (including phenoxy) is 1. The number of rotatable bonds is 6. The zero-order valence-corrected chi connectivity index (χ0v) is 20.2. The van der Waals surface area contributed by atoms with Crippen LogP contribution in [0.25, 0.3) is 4.47 Å². The van der Waals surface area contributed by atoms with Gasteiger partial charge >= 0.3 is 170 Å². The molecule has 0 unspecified atom stereocenters. The van der Waals surface area contributed by atoms with Gasteiger partial charge in [-0.25, -0.2) is 0 Å². The van der Waals surface area contributed by atoms with Crippen LogP contribution in [0.4, 0.5) is 0 Å². The summed E-state index contributed by atoms with van der Waals surface area (Å²) < 4.78 is 10.3. The SMILES string of the molecule is CCCCCOC(=O)c1ccc(C2=C[Se]C(=C3[Se]C=C[Se]3)[Se]2)cc1. The van der Waals surface area contributed by atoms with E-state index in [1.54, 1.807) is 6.74 Å². The fourth-order valence-electron chi connectivity index (χ4n) is 2.15. The van der Waals surface area contributed by atoms with Gasteiger partial charge in [-0.15, -0.1) is 0 Å². The molecule has 6 heteroatoms. The summed E-state index contributed by atoms with van der Waals surface area (Å²) in [5.74, 6) is -0.196. The first-order valence-corrected chi connectivity index (χ1v) is 15.1. The zero-order valence-electron chi connectivity index (χ0n) is 13.3. The van der Waals surface area contributed by atoms with Gasteiger partial charge in [0.2, 0.25) is 0 Å². The number of hydrogen-bond donors (Lipinski definition) is 0. The molecule has 2 heterocycles. The molecular weight excluding hydrogens is 564 g/mol. The van der Waals surface area contributed by atoms with Crippen molar-refractivity contribution in [2.24, 2.45) is 0 Å². The molecule has 126 valence electrons. The first-order valence-electron chi connectivity index (χ1n) is 7.83. The monoisotopic (exact) mass is 586 g/mol. The summed E-state index contributed by atoms with van der Waals surface area (Å²) in [6.07, 6.45) is 3.20. The zero-order chi connectivity index (χ0) is 16.8. The number of unbranched alkanes of at least 4 members (excludes halogenated alkanes) is 2. The predicted octanol–water partition coefficient (Wildman–Crippen LogP) is 2.77. The predicted molar refractivity (Wildman–Crippen MR) is 103 cm³/mol. The molecule has 0 saturated heterocycles. The Bertz CT molecular complexity index is 679. The van der Waals surface area contributed by atoms with Gasteiger partial charge in [0.15, 0.2) is 0 Å². The molecule has 0 fully saturated rings. The summed E-state index contributed by atoms with van der Waals surface area (Å²) in [4.78, 5) is 19.2. The normalized spacial score (nSPS) is 16.6. The summed E-state index contributed by atoms with van der Waals surface area (Å²) in [6.45, 7) is 2.67. The Balaban J connectivity index is 1.57. The van der Waals surface area contributed by atoms with Gasteiger partial charge in [-0.1, -0.05) is 0 Å². The molecule has 0 amide bonds. The summed E-state index contributed by atoms with van der Waals surface area (Å²) in [5.41, 5.74) is 1.94. The second-order valence-corrected chi connectivity index (χ2v) is 15.7. The van der Waals surface area contributed by atoms with Crippen molar-refractivity contribution in [2.75, 3.05) is 6.61 Å². The Labute approximate surface area is 168 Å². The Morgan fingerprint density at radius 3 is 2.46 bits per heavy atom. The third-order valence-electron chi connectivity index (χ3n) is 3.43. The van der Waals surface area contributed by atoms with Crippen molar-refractivity contribution in [1.29, 1.82) is 0 Å². The van der Waals surface area contributed by atoms with Gasteiger partial charge in [0.05, 0.1) is 0 Å². The number of hydrogen-bond acceptors (Lipinski definition) is 2. The molecule has 24 heavy (non-hydrogen) atoms. The standard InChI is InChI=1S/C18H18O2Se4/c1-2-3-4-9-20-16(19)14-7-5-13(6-8-14)15-12-23-18(24-15)17-21-10-11-22-17/h5-8,10-12H,2-4,9H2,1H3. The van der Waals surface area contributed by atoms with Crippen LogP contribution >= 0.6 is 0 Å². The van der Waals surface area contributed by atoms with E-state index in [0.29, 0.717) is 72.0 Å². The van der Waals surface area contributed by atoms with Crippen molar-refractivity contribution in [3.8, 4) is 0 Å². The van der Waals surface area contributed by atoms with Crippen molar-refractivity contribution in [3.63, 3.8) is 0 Å². The maximum atomic E-state index is 12.0. The third kappa shape index (κ3) is 5.01. The van der Waals surface area contributed by atoms with Gasteiger partial charge in [-0.05, 0) is 0 Å². The van der Waals surface area contributed by atoms with Crippen LogP contribution in [0, 0.1) is 0 Å². The average molecular weight is 582 g/mol. The van der Waals surface area contributed by atoms with Crippen LogP contribution in [0.3, 0.4) is 0 Å². The molecule has 0 atom stereocenters. The number of carbonyl (C=O) groups excluding carboxylic acids is 1. The van der Waals surface area contributed by atoms with Crippen LogP contribution in [-0.2, 0) is 4.74 Å². The van der Waals surface area contributed by atoms with E-state index in [2.05, 4.69) is 34.0 Å². The van der Waals surface area contributed by atoms with E-state index in [-0.39, 0.29) is 5.97 Å². The Hall–Kier alpha value is -0.0121. The minimum atomic E-state index is -0.196. The number of carbonyl (C=O) groups is 1. The molecule has 2 aliphatic rings. The molecule has 0 radical (unpaired) electrons. The first kappa shape index (κ1) is 18.8. The van der Waals surface area contributed by atoms with Gasteiger partial charge in [-0.3, -0.25) is 0 Å². The van der Waals surface area contributed by atoms with Gasteiger partial charge in [0.25, 0.3) is 0 Å². The molecule has 0 bridgehead atoms. The first-order chi connectivity index (χ1) is 11.8. The van der Waals surface area contributed by atoms with E-state index in [1.807, 2.05) is 12.1 Å². The molecule has 0 aromatic heterocycles. The molecule has 1 aromatic carbocycles. The summed E-state index contributed by atoms with van der Waals surface area (Å²) >= 11 is 2.31. The van der Waals surface area contributed by atoms with Crippen molar-refractivity contribution >= 4 is 70.3 Å². The Kier molecular flexibility index (Phi) is 7.52. The van der Waals surface area contributed by atoms with Crippen LogP contribution in [0.2, 0.25) is 0 Å². The Morgan fingerprint density at radius 1 is 1.00 bits per heavy atom. The molecule has 0 aliphatic carbocycles. The van der Waals surface area contributed by atoms with Crippen molar-refractivity contribution < 1.29 is 9.53 Å². The average Bonchev–Trinajstić information content (AvgIpc) is 3.29. The van der Waals surface area contributed by atoms with E-state index in [1.165, 1.54) is 10.0 Å². The Morgan fingerprint density at radius 2 is 1.75 bits per heavy atom. The van der Waals surface area contributed by atoms with E-state index >= 15 is 0 Å². The van der Waals surface area contributed by atoms with Crippen LogP contribution < -0.4 is 0 Å². The van der Waals surface area contributed by atoms with Gasteiger partial charge in [-0.2, -0.15) is 0 Å². The van der Waals surface area contributed by atoms with Gasteiger partial charge in [0.1, 0.15) is 0 Å². The molecule has 1 aromatic rings. The van der Waals surface area contributed by atoms with Gasteiger partial charge in [0, 0.05) is 0 Å². The molecule has 2 aliphatic heterocycles. The molecule has 0 N–H and O–H groups in total. The fraction of sp³-hybridized carbons (Fsp3) is 0.278. The van der Waals surface area contributed by atoms with Crippen LogP contribution in [0.1, 0.15) is 42.1 Å². The quantitative estimate of drug-likeness (QED) is 0.293. The molecular formula is C18H18O2Se4. The number of esters is 1. The second-order valence-electron chi connectivity index (χ2n) is 5.21. The topological polar surface area (TPSA) is 26.3 Å². The van der Waals surface area contributed by atoms with E-state index in [9.17, 15) is 4.79 Å². The van der Waals surface area contributed by atoms with E-state index in [4.69, 9.17) is 4.74 Å². The molecule has 3 rings (SSSR count). The number of benzene rings is 1. The van der Waals surface area contributed by atoms with Crippen LogP contribution in [-0.4, -0.2) is 72.4 Å². The summed E-state index contributed by atoms with van der Waals surface area (Å²) in [7, 11) is 0. The third-order valence-corrected chi connectivity index (χ3v) is 18.3. The molecule has 0 saturated carbocycles. The van der Waals surface area contributed by atoms with Crippen molar-refractivity contribution in [3.05, 3.63) is 57.1 Å². The molecule has 0 spiro atoms. The van der Waals surface area contributed by atoms with Crippen LogP contribution in [0.15, 0.2) is 45.9 Å². The summed E-state index contributed by atoms with van der Waals surface area (Å²) in [6, 6.07) is 8.00. The van der Waals surface area contributed by atoms with Crippen LogP contribution in [0.5, 0.6) is 0 Å². The van der Waals surface area contributed by atoms with Gasteiger partial charge < -0.3 is 0 Å².